The van der Waals surface area contributed by atoms with E-state index in [0.29, 0.717) is 12.6 Å². The van der Waals surface area contributed by atoms with Gasteiger partial charge < -0.3 is 5.32 Å². The minimum Gasteiger partial charge on any atom is -0.313 e. The zero-order valence-electron chi connectivity index (χ0n) is 10.7. The summed E-state index contributed by atoms with van der Waals surface area (Å²) >= 11 is 0. The van der Waals surface area contributed by atoms with Crippen molar-refractivity contribution in [3.05, 3.63) is 0 Å². The lowest BCUT2D eigenvalue weighted by Crippen LogP contribution is -2.35. The van der Waals surface area contributed by atoms with E-state index in [9.17, 15) is 8.42 Å². The quantitative estimate of drug-likeness (QED) is 0.780. The van der Waals surface area contributed by atoms with Gasteiger partial charge in [-0.05, 0) is 25.7 Å². The van der Waals surface area contributed by atoms with Crippen LogP contribution in [0.25, 0.3) is 0 Å². The van der Waals surface area contributed by atoms with Crippen LogP contribution in [0, 0.1) is 5.92 Å². The van der Waals surface area contributed by atoms with Crippen molar-refractivity contribution in [3.63, 3.8) is 0 Å². The maximum absolute atomic E-state index is 11.9. The van der Waals surface area contributed by atoms with Crippen molar-refractivity contribution in [3.8, 4) is 0 Å². The molecule has 1 saturated carbocycles. The molecule has 0 radical (unpaired) electrons. The zero-order chi connectivity index (χ0) is 12.2. The van der Waals surface area contributed by atoms with Gasteiger partial charge >= 0.3 is 0 Å². The van der Waals surface area contributed by atoms with Gasteiger partial charge in [0.2, 0.25) is 0 Å². The van der Waals surface area contributed by atoms with Crippen molar-refractivity contribution in [2.24, 2.45) is 5.92 Å². The molecule has 3 nitrogen and oxygen atoms in total. The van der Waals surface area contributed by atoms with Gasteiger partial charge in [-0.25, -0.2) is 8.42 Å². The van der Waals surface area contributed by atoms with E-state index < -0.39 is 9.84 Å². The average molecular weight is 247 g/mol. The molecule has 1 aliphatic carbocycles. The lowest BCUT2D eigenvalue weighted by atomic mass is 10.2. The Hall–Kier alpha value is -0.0900. The lowest BCUT2D eigenvalue weighted by molar-refractivity contribution is 0.522. The zero-order valence-corrected chi connectivity index (χ0v) is 11.5. The van der Waals surface area contributed by atoms with Gasteiger partial charge in [0.05, 0.1) is 11.0 Å². The predicted octanol–water partition coefficient (Wildman–Crippen LogP) is 1.98. The smallest absolute Gasteiger partial charge is 0.154 e. The molecule has 0 amide bonds. The first-order chi connectivity index (χ1) is 7.43. The first-order valence-electron chi connectivity index (χ1n) is 6.38. The molecule has 1 atom stereocenters. The molecule has 1 aliphatic rings. The third kappa shape index (κ3) is 4.06. The Morgan fingerprint density at radius 3 is 2.25 bits per heavy atom. The summed E-state index contributed by atoms with van der Waals surface area (Å²) in [5, 5.41) is 3.13. The Bertz CT molecular complexity index is 292. The van der Waals surface area contributed by atoms with Gasteiger partial charge in [-0.1, -0.05) is 26.7 Å². The SMILES string of the molecule is CC(C)C(C)S(=O)(=O)CCNC1CCCC1. The van der Waals surface area contributed by atoms with Gasteiger partial charge in [-0.2, -0.15) is 0 Å². The van der Waals surface area contributed by atoms with Crippen LogP contribution in [-0.4, -0.2) is 32.0 Å². The summed E-state index contributed by atoms with van der Waals surface area (Å²) in [5.74, 6) is 0.486. The highest BCUT2D eigenvalue weighted by atomic mass is 32.2. The average Bonchev–Trinajstić information content (AvgIpc) is 2.69. The first-order valence-corrected chi connectivity index (χ1v) is 8.10. The number of hydrogen-bond donors (Lipinski definition) is 1. The van der Waals surface area contributed by atoms with Crippen molar-refractivity contribution >= 4 is 9.84 Å². The monoisotopic (exact) mass is 247 g/mol. The molecule has 0 aromatic rings. The molecule has 1 rings (SSSR count). The highest BCUT2D eigenvalue weighted by Crippen LogP contribution is 2.17. The summed E-state index contributed by atoms with van der Waals surface area (Å²) in [6.45, 7) is 6.36. The van der Waals surface area contributed by atoms with Crippen LogP contribution in [0.4, 0.5) is 0 Å². The molecule has 0 aromatic carbocycles. The van der Waals surface area contributed by atoms with E-state index in [1.807, 2.05) is 20.8 Å². The van der Waals surface area contributed by atoms with Crippen LogP contribution < -0.4 is 5.32 Å². The Morgan fingerprint density at radius 2 is 1.75 bits per heavy atom. The second kappa shape index (κ2) is 6.01. The summed E-state index contributed by atoms with van der Waals surface area (Å²) in [5.41, 5.74) is 0. The number of rotatable bonds is 6. The molecule has 0 saturated heterocycles. The van der Waals surface area contributed by atoms with E-state index in [-0.39, 0.29) is 16.9 Å². The fourth-order valence-corrected chi connectivity index (χ4v) is 3.74. The van der Waals surface area contributed by atoms with Crippen LogP contribution in [-0.2, 0) is 9.84 Å². The van der Waals surface area contributed by atoms with Gasteiger partial charge in [0.25, 0.3) is 0 Å². The molecule has 4 heteroatoms. The van der Waals surface area contributed by atoms with Crippen LogP contribution in [0.3, 0.4) is 0 Å². The normalized spacial score (nSPS) is 20.5. The van der Waals surface area contributed by atoms with Crippen LogP contribution >= 0.6 is 0 Å². The van der Waals surface area contributed by atoms with Gasteiger partial charge in [0.1, 0.15) is 0 Å². The van der Waals surface area contributed by atoms with E-state index in [1.54, 1.807) is 0 Å². The molecule has 0 aromatic heterocycles. The van der Waals surface area contributed by atoms with Crippen LogP contribution in [0.1, 0.15) is 46.5 Å². The Morgan fingerprint density at radius 1 is 1.19 bits per heavy atom. The maximum Gasteiger partial charge on any atom is 0.154 e. The minimum absolute atomic E-state index is 0.205. The standard InChI is InChI=1S/C12H25NO2S/c1-10(2)11(3)16(14,15)9-8-13-12-6-4-5-7-12/h10-13H,4-9H2,1-3H3. The third-order valence-corrected chi connectivity index (χ3v) is 6.13. The Balaban J connectivity index is 2.30. The Kier molecular flexibility index (Phi) is 5.25. The van der Waals surface area contributed by atoms with Crippen LogP contribution in [0.2, 0.25) is 0 Å². The van der Waals surface area contributed by atoms with Crippen molar-refractivity contribution < 1.29 is 8.42 Å². The molecular formula is C12H25NO2S. The molecule has 0 heterocycles. The maximum atomic E-state index is 11.9. The number of hydrogen-bond acceptors (Lipinski definition) is 3. The molecule has 16 heavy (non-hydrogen) atoms. The second-order valence-corrected chi connectivity index (χ2v) is 7.73. The summed E-state index contributed by atoms with van der Waals surface area (Å²) in [6, 6.07) is 0.560. The molecule has 1 unspecified atom stereocenters. The summed E-state index contributed by atoms with van der Waals surface area (Å²) in [6.07, 6.45) is 4.99. The van der Waals surface area contributed by atoms with Gasteiger partial charge in [-0.3, -0.25) is 0 Å². The summed E-state index contributed by atoms with van der Waals surface area (Å²) < 4.78 is 23.8. The molecule has 0 aliphatic heterocycles. The predicted molar refractivity (Wildman–Crippen MR) is 68.3 cm³/mol. The second-order valence-electron chi connectivity index (χ2n) is 5.25. The molecule has 0 spiro atoms. The van der Waals surface area contributed by atoms with Gasteiger partial charge in [0, 0.05) is 12.6 Å². The number of sulfone groups is 1. The van der Waals surface area contributed by atoms with Crippen molar-refractivity contribution in [1.82, 2.24) is 5.32 Å². The first kappa shape index (κ1) is 14.0. The van der Waals surface area contributed by atoms with Crippen LogP contribution in [0.5, 0.6) is 0 Å². The van der Waals surface area contributed by atoms with Crippen molar-refractivity contribution in [2.75, 3.05) is 12.3 Å². The largest absolute Gasteiger partial charge is 0.313 e. The summed E-state index contributed by atoms with van der Waals surface area (Å²) in [4.78, 5) is 0. The number of nitrogens with one attached hydrogen (secondary N) is 1. The fourth-order valence-electron chi connectivity index (χ4n) is 2.14. The highest BCUT2D eigenvalue weighted by Gasteiger charge is 2.24. The topological polar surface area (TPSA) is 46.2 Å². The van der Waals surface area contributed by atoms with E-state index in [0.717, 1.165) is 0 Å². The molecule has 1 fully saturated rings. The third-order valence-electron chi connectivity index (χ3n) is 3.68. The van der Waals surface area contributed by atoms with Crippen LogP contribution in [0.15, 0.2) is 0 Å². The fraction of sp³-hybridized carbons (Fsp3) is 1.00. The molecule has 0 bridgehead atoms. The molecule has 96 valence electrons. The van der Waals surface area contributed by atoms with Gasteiger partial charge in [-0.15, -0.1) is 0 Å². The van der Waals surface area contributed by atoms with Crippen molar-refractivity contribution in [2.45, 2.75) is 57.7 Å². The highest BCUT2D eigenvalue weighted by molar-refractivity contribution is 7.92. The lowest BCUT2D eigenvalue weighted by Gasteiger charge is -2.17. The minimum atomic E-state index is -2.91. The van der Waals surface area contributed by atoms with Gasteiger partial charge in [0.15, 0.2) is 9.84 Å². The van der Waals surface area contributed by atoms with E-state index in [4.69, 9.17) is 0 Å². The van der Waals surface area contributed by atoms with E-state index >= 15 is 0 Å². The van der Waals surface area contributed by atoms with Crippen molar-refractivity contribution in [1.29, 1.82) is 0 Å². The molecular weight excluding hydrogens is 222 g/mol. The van der Waals surface area contributed by atoms with E-state index in [1.165, 1.54) is 25.7 Å². The molecule has 1 N–H and O–H groups in total. The van der Waals surface area contributed by atoms with E-state index in [2.05, 4.69) is 5.32 Å². The summed E-state index contributed by atoms with van der Waals surface area (Å²) in [7, 11) is -2.91. The Labute approximate surface area is 99.9 Å².